The van der Waals surface area contributed by atoms with E-state index in [0.29, 0.717) is 0 Å². The summed E-state index contributed by atoms with van der Waals surface area (Å²) in [6.07, 6.45) is 5.65. The van der Waals surface area contributed by atoms with Crippen LogP contribution in [0.4, 0.5) is 4.79 Å². The number of ether oxygens (including phenoxy) is 2. The van der Waals surface area contributed by atoms with Gasteiger partial charge in [-0.1, -0.05) is 47.0 Å². The van der Waals surface area contributed by atoms with Crippen LogP contribution >= 0.6 is 34.8 Å². The van der Waals surface area contributed by atoms with E-state index >= 15 is 0 Å². The Morgan fingerprint density at radius 2 is 1.95 bits per heavy atom. The summed E-state index contributed by atoms with van der Waals surface area (Å²) in [7, 11) is 0. The van der Waals surface area contributed by atoms with Gasteiger partial charge < -0.3 is 9.47 Å². The number of rotatable bonds is 4. The normalized spacial score (nSPS) is 18.0. The van der Waals surface area contributed by atoms with Gasteiger partial charge in [-0.15, -0.1) is 0 Å². The van der Waals surface area contributed by atoms with Crippen molar-refractivity contribution in [3.8, 4) is 0 Å². The molecule has 0 saturated heterocycles. The van der Waals surface area contributed by atoms with Crippen LogP contribution in [-0.2, 0) is 14.3 Å². The van der Waals surface area contributed by atoms with Crippen molar-refractivity contribution in [1.82, 2.24) is 4.90 Å². The van der Waals surface area contributed by atoms with Crippen molar-refractivity contribution in [3.63, 3.8) is 0 Å². The number of carbonyl (C=O) groups excluding carboxylic acids is 2. The molecule has 0 radical (unpaired) electrons. The van der Waals surface area contributed by atoms with E-state index in [1.807, 2.05) is 0 Å². The number of carbonyl (C=O) groups is 2. The predicted molar refractivity (Wildman–Crippen MR) is 81.4 cm³/mol. The van der Waals surface area contributed by atoms with Gasteiger partial charge >= 0.3 is 12.1 Å². The van der Waals surface area contributed by atoms with E-state index in [0.717, 1.165) is 0 Å². The van der Waals surface area contributed by atoms with Crippen LogP contribution in [0.2, 0.25) is 0 Å². The number of hydrogen-bond donors (Lipinski definition) is 0. The van der Waals surface area contributed by atoms with Crippen molar-refractivity contribution < 1.29 is 19.1 Å². The molecule has 1 aliphatic rings. The Kier molecular flexibility index (Phi) is 6.84. The van der Waals surface area contributed by atoms with Crippen LogP contribution in [0.25, 0.3) is 0 Å². The number of nitrogens with zero attached hydrogens (tertiary/aromatic N) is 1. The Morgan fingerprint density at radius 1 is 1.29 bits per heavy atom. The molecule has 5 nitrogen and oxygen atoms in total. The Bertz CT molecular complexity index is 443. The van der Waals surface area contributed by atoms with Crippen molar-refractivity contribution in [2.75, 3.05) is 6.61 Å². The highest BCUT2D eigenvalue weighted by molar-refractivity contribution is 6.67. The van der Waals surface area contributed by atoms with Crippen LogP contribution in [0.3, 0.4) is 0 Å². The lowest BCUT2D eigenvalue weighted by molar-refractivity contribution is -0.148. The van der Waals surface area contributed by atoms with Crippen LogP contribution < -0.4 is 0 Å². The number of alkyl halides is 3. The summed E-state index contributed by atoms with van der Waals surface area (Å²) in [5.74, 6) is -0.408. The van der Waals surface area contributed by atoms with Gasteiger partial charge in [0.25, 0.3) is 0 Å². The fourth-order valence-electron chi connectivity index (χ4n) is 1.60. The molecule has 1 rings (SSSR count). The fraction of sp³-hybridized carbons (Fsp3) is 0.538. The molecule has 118 valence electrons. The zero-order chi connectivity index (χ0) is 16.0. The highest BCUT2D eigenvalue weighted by atomic mass is 35.6. The van der Waals surface area contributed by atoms with Gasteiger partial charge in [0.05, 0.1) is 18.6 Å². The molecule has 0 aromatic heterocycles. The first-order valence-corrected chi connectivity index (χ1v) is 7.39. The van der Waals surface area contributed by atoms with Gasteiger partial charge in [-0.2, -0.15) is 0 Å². The average molecular weight is 357 g/mol. The lowest BCUT2D eigenvalue weighted by atomic mass is 10.1. The van der Waals surface area contributed by atoms with Crippen LogP contribution in [-0.4, -0.2) is 39.5 Å². The van der Waals surface area contributed by atoms with E-state index in [4.69, 9.17) is 44.3 Å². The molecule has 0 unspecified atom stereocenters. The van der Waals surface area contributed by atoms with E-state index in [9.17, 15) is 9.59 Å². The van der Waals surface area contributed by atoms with E-state index < -0.39 is 21.9 Å². The molecule has 21 heavy (non-hydrogen) atoms. The molecule has 0 N–H and O–H groups in total. The first-order valence-electron chi connectivity index (χ1n) is 6.25. The van der Waals surface area contributed by atoms with Gasteiger partial charge in [-0.3, -0.25) is 9.69 Å². The second kappa shape index (κ2) is 7.92. The molecule has 0 saturated carbocycles. The van der Waals surface area contributed by atoms with Crippen molar-refractivity contribution >= 4 is 46.9 Å². The summed E-state index contributed by atoms with van der Waals surface area (Å²) < 4.78 is 8.27. The van der Waals surface area contributed by atoms with Crippen LogP contribution in [0.5, 0.6) is 0 Å². The third kappa shape index (κ3) is 7.07. The Balaban J connectivity index is 2.61. The lowest BCUT2D eigenvalue weighted by Gasteiger charge is -2.27. The fourth-order valence-corrected chi connectivity index (χ4v) is 1.76. The molecular formula is C13H16Cl3NO4. The Hall–Kier alpha value is -0.910. The molecule has 1 heterocycles. The smallest absolute Gasteiger partial charge is 0.414 e. The molecule has 0 aromatic carbocycles. The summed E-state index contributed by atoms with van der Waals surface area (Å²) >= 11 is 16.6. The zero-order valence-corrected chi connectivity index (χ0v) is 13.9. The van der Waals surface area contributed by atoms with Gasteiger partial charge in [0.1, 0.15) is 6.61 Å². The number of esters is 1. The highest BCUT2D eigenvalue weighted by Crippen LogP contribution is 2.26. The number of halogens is 3. The standard InChI is InChI=1S/C13H16Cl3NO4/c1-9(2)21-11(18)7-10-5-3-4-6-17(10)12(19)20-8-13(14,15)16/h3-6,9-10H,7-8H2,1-2H3/t10-/m0/s1. The van der Waals surface area contributed by atoms with Crippen molar-refractivity contribution in [2.45, 2.75) is 36.2 Å². The topological polar surface area (TPSA) is 55.8 Å². The molecule has 0 spiro atoms. The zero-order valence-electron chi connectivity index (χ0n) is 11.6. The maximum Gasteiger partial charge on any atom is 0.414 e. The maximum absolute atomic E-state index is 11.9. The largest absolute Gasteiger partial charge is 0.463 e. The molecule has 0 bridgehead atoms. The number of allylic oxidation sites excluding steroid dienone is 2. The van der Waals surface area contributed by atoms with Crippen molar-refractivity contribution in [1.29, 1.82) is 0 Å². The van der Waals surface area contributed by atoms with E-state index in [2.05, 4.69) is 0 Å². The summed E-state index contributed by atoms with van der Waals surface area (Å²) in [5, 5.41) is 0. The van der Waals surface area contributed by atoms with Gasteiger partial charge in [0.15, 0.2) is 0 Å². The highest BCUT2D eigenvalue weighted by Gasteiger charge is 2.28. The molecule has 1 aliphatic heterocycles. The summed E-state index contributed by atoms with van der Waals surface area (Å²) in [4.78, 5) is 24.9. The molecule has 1 amide bonds. The lowest BCUT2D eigenvalue weighted by Crippen LogP contribution is -2.39. The Morgan fingerprint density at radius 3 is 2.52 bits per heavy atom. The van der Waals surface area contributed by atoms with Gasteiger partial charge in [-0.25, -0.2) is 4.79 Å². The first-order chi connectivity index (χ1) is 9.69. The van der Waals surface area contributed by atoms with E-state index in [-0.39, 0.29) is 19.1 Å². The molecule has 1 atom stereocenters. The number of hydrogen-bond acceptors (Lipinski definition) is 4. The second-order valence-electron chi connectivity index (χ2n) is 4.61. The summed E-state index contributed by atoms with van der Waals surface area (Å²) in [6, 6.07) is -0.496. The Labute approximate surface area is 138 Å². The van der Waals surface area contributed by atoms with Crippen LogP contribution in [0.1, 0.15) is 20.3 Å². The van der Waals surface area contributed by atoms with Gasteiger partial charge in [-0.05, 0) is 19.9 Å². The summed E-state index contributed by atoms with van der Waals surface area (Å²) in [5.41, 5.74) is 0. The minimum Gasteiger partial charge on any atom is -0.463 e. The monoisotopic (exact) mass is 355 g/mol. The third-order valence-electron chi connectivity index (χ3n) is 2.36. The van der Waals surface area contributed by atoms with E-state index in [1.54, 1.807) is 32.1 Å². The minimum atomic E-state index is -1.68. The van der Waals surface area contributed by atoms with Gasteiger partial charge in [0.2, 0.25) is 3.79 Å². The van der Waals surface area contributed by atoms with Crippen molar-refractivity contribution in [3.05, 3.63) is 24.4 Å². The SMILES string of the molecule is CC(C)OC(=O)C[C@@H]1C=CC=CN1C(=O)OCC(Cl)(Cl)Cl. The summed E-state index contributed by atoms with van der Waals surface area (Å²) in [6.45, 7) is 3.12. The molecule has 0 fully saturated rings. The molecular weight excluding hydrogens is 341 g/mol. The van der Waals surface area contributed by atoms with Crippen LogP contribution in [0, 0.1) is 0 Å². The second-order valence-corrected chi connectivity index (χ2v) is 7.13. The van der Waals surface area contributed by atoms with E-state index in [1.165, 1.54) is 11.1 Å². The predicted octanol–water partition coefficient (Wildman–Crippen LogP) is 3.59. The minimum absolute atomic E-state index is 0.0158. The van der Waals surface area contributed by atoms with Crippen molar-refractivity contribution in [2.24, 2.45) is 0 Å². The molecule has 8 heteroatoms. The molecule has 0 aromatic rings. The van der Waals surface area contributed by atoms with Crippen LogP contribution in [0.15, 0.2) is 24.4 Å². The maximum atomic E-state index is 11.9. The number of amides is 1. The van der Waals surface area contributed by atoms with Gasteiger partial charge in [0, 0.05) is 6.20 Å². The third-order valence-corrected chi connectivity index (χ3v) is 2.69. The quantitative estimate of drug-likeness (QED) is 0.570. The first kappa shape index (κ1) is 18.1. The molecule has 0 aliphatic carbocycles. The average Bonchev–Trinajstić information content (AvgIpc) is 2.34.